The lowest BCUT2D eigenvalue weighted by molar-refractivity contribution is 0.0697. The zero-order valence-electron chi connectivity index (χ0n) is 9.11. The third kappa shape index (κ3) is 2.89. The quantitative estimate of drug-likeness (QED) is 0.907. The molecule has 0 amide bonds. The summed E-state index contributed by atoms with van der Waals surface area (Å²) < 4.78 is 19.3. The first-order chi connectivity index (χ1) is 8.56. The van der Waals surface area contributed by atoms with Gasteiger partial charge in [-0.2, -0.15) is 0 Å². The zero-order chi connectivity index (χ0) is 13.1. The second-order valence-electron chi connectivity index (χ2n) is 3.56. The lowest BCUT2D eigenvalue weighted by atomic mass is 10.2. The Labute approximate surface area is 111 Å². The molecule has 0 bridgehead atoms. The highest BCUT2D eigenvalue weighted by Gasteiger charge is 2.08. The molecule has 0 saturated heterocycles. The summed E-state index contributed by atoms with van der Waals surface area (Å²) in [6, 6.07) is 7.03. The number of carboxylic acids is 1. The summed E-state index contributed by atoms with van der Waals surface area (Å²) in [5.74, 6) is -0.994. The first-order valence-corrected chi connectivity index (χ1v) is 5.86. The highest BCUT2D eigenvalue weighted by Crippen LogP contribution is 2.19. The Morgan fingerprint density at radius 3 is 2.78 bits per heavy atom. The molecule has 0 atom stereocenters. The molecule has 0 aliphatic heterocycles. The van der Waals surface area contributed by atoms with Gasteiger partial charge in [0.15, 0.2) is 4.67 Å². The number of anilines is 1. The van der Waals surface area contributed by atoms with Gasteiger partial charge in [-0.25, -0.2) is 9.18 Å². The molecule has 2 aromatic rings. The maximum atomic E-state index is 13.4. The van der Waals surface area contributed by atoms with Crippen LogP contribution in [-0.4, -0.2) is 11.1 Å². The number of furan rings is 1. The van der Waals surface area contributed by atoms with E-state index in [4.69, 9.17) is 9.52 Å². The van der Waals surface area contributed by atoms with Crippen LogP contribution in [0.3, 0.4) is 0 Å². The number of hydrogen-bond acceptors (Lipinski definition) is 3. The minimum atomic E-state index is -1.10. The van der Waals surface area contributed by atoms with Gasteiger partial charge < -0.3 is 14.8 Å². The van der Waals surface area contributed by atoms with Crippen molar-refractivity contribution in [3.63, 3.8) is 0 Å². The summed E-state index contributed by atoms with van der Waals surface area (Å²) in [5, 5.41) is 11.6. The number of hydrogen-bond donors (Lipinski definition) is 2. The number of benzene rings is 1. The molecule has 2 rings (SSSR count). The minimum absolute atomic E-state index is 0.0273. The highest BCUT2D eigenvalue weighted by atomic mass is 79.9. The SMILES string of the molecule is O=C(O)c1ccc(F)c(NCc2ccc(Br)o2)c1. The summed E-state index contributed by atoms with van der Waals surface area (Å²) >= 11 is 3.16. The summed E-state index contributed by atoms with van der Waals surface area (Å²) in [6.07, 6.45) is 0. The van der Waals surface area contributed by atoms with Crippen molar-refractivity contribution in [3.8, 4) is 0 Å². The van der Waals surface area contributed by atoms with Gasteiger partial charge in [0.1, 0.15) is 11.6 Å². The largest absolute Gasteiger partial charge is 0.478 e. The molecule has 18 heavy (non-hydrogen) atoms. The first kappa shape index (κ1) is 12.6. The van der Waals surface area contributed by atoms with E-state index >= 15 is 0 Å². The van der Waals surface area contributed by atoms with E-state index in [1.807, 2.05) is 0 Å². The number of aromatic carboxylic acids is 1. The maximum Gasteiger partial charge on any atom is 0.335 e. The predicted molar refractivity (Wildman–Crippen MR) is 67.1 cm³/mol. The van der Waals surface area contributed by atoms with Crippen molar-refractivity contribution in [2.75, 3.05) is 5.32 Å². The maximum absolute atomic E-state index is 13.4. The highest BCUT2D eigenvalue weighted by molar-refractivity contribution is 9.10. The van der Waals surface area contributed by atoms with Gasteiger partial charge in [-0.3, -0.25) is 0 Å². The molecule has 0 saturated carbocycles. The van der Waals surface area contributed by atoms with Crippen molar-refractivity contribution in [3.05, 3.63) is 52.1 Å². The number of halogens is 2. The van der Waals surface area contributed by atoms with Crippen LogP contribution in [0.1, 0.15) is 16.1 Å². The first-order valence-electron chi connectivity index (χ1n) is 5.07. The molecule has 94 valence electrons. The van der Waals surface area contributed by atoms with Gasteiger partial charge in [0, 0.05) is 0 Å². The average molecular weight is 314 g/mol. The lowest BCUT2D eigenvalue weighted by Gasteiger charge is -2.06. The number of nitrogens with one attached hydrogen (secondary N) is 1. The summed E-state index contributed by atoms with van der Waals surface area (Å²) in [7, 11) is 0. The van der Waals surface area contributed by atoms with E-state index in [0.717, 1.165) is 6.07 Å². The van der Waals surface area contributed by atoms with E-state index in [9.17, 15) is 9.18 Å². The lowest BCUT2D eigenvalue weighted by Crippen LogP contribution is -2.03. The molecule has 0 spiro atoms. The average Bonchev–Trinajstić information content (AvgIpc) is 2.74. The van der Waals surface area contributed by atoms with Crippen LogP contribution in [-0.2, 0) is 6.54 Å². The Morgan fingerprint density at radius 2 is 2.17 bits per heavy atom. The third-order valence-electron chi connectivity index (χ3n) is 2.30. The van der Waals surface area contributed by atoms with Gasteiger partial charge in [0.25, 0.3) is 0 Å². The van der Waals surface area contributed by atoms with Crippen molar-refractivity contribution in [1.82, 2.24) is 0 Å². The molecule has 0 unspecified atom stereocenters. The Balaban J connectivity index is 2.13. The second-order valence-corrected chi connectivity index (χ2v) is 4.34. The van der Waals surface area contributed by atoms with Gasteiger partial charge in [0.2, 0.25) is 0 Å². The Bertz CT molecular complexity index is 582. The summed E-state index contributed by atoms with van der Waals surface area (Å²) in [4.78, 5) is 10.8. The van der Waals surface area contributed by atoms with Gasteiger partial charge in [-0.15, -0.1) is 0 Å². The molecule has 0 aliphatic carbocycles. The second kappa shape index (κ2) is 5.22. The van der Waals surface area contributed by atoms with E-state index in [1.54, 1.807) is 12.1 Å². The molecule has 6 heteroatoms. The van der Waals surface area contributed by atoms with E-state index in [1.165, 1.54) is 12.1 Å². The van der Waals surface area contributed by atoms with Gasteiger partial charge in [-0.1, -0.05) is 0 Å². The molecule has 0 radical (unpaired) electrons. The topological polar surface area (TPSA) is 62.5 Å². The molecular weight excluding hydrogens is 305 g/mol. The third-order valence-corrected chi connectivity index (χ3v) is 2.72. The molecule has 1 heterocycles. The Morgan fingerprint density at radius 1 is 1.39 bits per heavy atom. The van der Waals surface area contributed by atoms with Crippen LogP contribution in [0.25, 0.3) is 0 Å². The van der Waals surface area contributed by atoms with E-state index < -0.39 is 11.8 Å². The Kier molecular flexibility index (Phi) is 3.66. The van der Waals surface area contributed by atoms with E-state index in [0.29, 0.717) is 10.4 Å². The molecule has 0 aliphatic rings. The van der Waals surface area contributed by atoms with Crippen LogP contribution in [0, 0.1) is 5.82 Å². The number of rotatable bonds is 4. The van der Waals surface area contributed by atoms with Crippen LogP contribution >= 0.6 is 15.9 Å². The fraction of sp³-hybridized carbons (Fsp3) is 0.0833. The molecular formula is C12H9BrFNO3. The zero-order valence-corrected chi connectivity index (χ0v) is 10.7. The van der Waals surface area contributed by atoms with Crippen molar-refractivity contribution in [2.24, 2.45) is 0 Å². The summed E-state index contributed by atoms with van der Waals surface area (Å²) in [5.41, 5.74) is 0.155. The molecule has 1 aromatic carbocycles. The standard InChI is InChI=1S/C12H9BrFNO3/c13-11-4-2-8(18-11)6-15-10-5-7(12(16)17)1-3-9(10)14/h1-5,15H,6H2,(H,16,17). The fourth-order valence-corrected chi connectivity index (χ4v) is 1.76. The van der Waals surface area contributed by atoms with Crippen LogP contribution in [0.5, 0.6) is 0 Å². The van der Waals surface area contributed by atoms with Gasteiger partial charge >= 0.3 is 5.97 Å². The molecule has 1 aromatic heterocycles. The predicted octanol–water partition coefficient (Wildman–Crippen LogP) is 3.49. The fourth-order valence-electron chi connectivity index (χ4n) is 1.42. The summed E-state index contributed by atoms with van der Waals surface area (Å²) in [6.45, 7) is 0.269. The van der Waals surface area contributed by atoms with Crippen molar-refractivity contribution >= 4 is 27.6 Å². The van der Waals surface area contributed by atoms with Crippen LogP contribution < -0.4 is 5.32 Å². The van der Waals surface area contributed by atoms with Crippen molar-refractivity contribution < 1.29 is 18.7 Å². The molecule has 4 nitrogen and oxygen atoms in total. The van der Waals surface area contributed by atoms with Crippen molar-refractivity contribution in [2.45, 2.75) is 6.54 Å². The monoisotopic (exact) mass is 313 g/mol. The van der Waals surface area contributed by atoms with Gasteiger partial charge in [-0.05, 0) is 46.3 Å². The van der Waals surface area contributed by atoms with Crippen molar-refractivity contribution in [1.29, 1.82) is 0 Å². The van der Waals surface area contributed by atoms with Crippen LogP contribution in [0.15, 0.2) is 39.4 Å². The van der Waals surface area contributed by atoms with Gasteiger partial charge in [0.05, 0.1) is 17.8 Å². The number of carbonyl (C=O) groups is 1. The van der Waals surface area contributed by atoms with E-state index in [-0.39, 0.29) is 17.8 Å². The molecule has 0 fully saturated rings. The van der Waals surface area contributed by atoms with Crippen LogP contribution in [0.4, 0.5) is 10.1 Å². The number of carboxylic acid groups (broad SMARTS) is 1. The normalized spacial score (nSPS) is 10.3. The van der Waals surface area contributed by atoms with E-state index in [2.05, 4.69) is 21.2 Å². The smallest absolute Gasteiger partial charge is 0.335 e. The minimum Gasteiger partial charge on any atom is -0.478 e. The Hall–Kier alpha value is -1.82. The van der Waals surface area contributed by atoms with Crippen LogP contribution in [0.2, 0.25) is 0 Å². The molecule has 2 N–H and O–H groups in total.